The summed E-state index contributed by atoms with van der Waals surface area (Å²) in [5, 5.41) is 0. The van der Waals surface area contributed by atoms with Crippen LogP contribution in [0.15, 0.2) is 0 Å². The minimum atomic E-state index is -0.199. The number of primary amides is 1. The van der Waals surface area contributed by atoms with E-state index in [4.69, 9.17) is 5.73 Å². The second-order valence-corrected chi connectivity index (χ2v) is 6.70. The van der Waals surface area contributed by atoms with E-state index < -0.39 is 0 Å². The molecule has 0 radical (unpaired) electrons. The molecule has 20 heavy (non-hydrogen) atoms. The van der Waals surface area contributed by atoms with Gasteiger partial charge in [-0.25, -0.2) is 0 Å². The van der Waals surface area contributed by atoms with Crippen molar-refractivity contribution < 1.29 is 9.59 Å². The van der Waals surface area contributed by atoms with E-state index in [1.54, 1.807) is 0 Å². The summed E-state index contributed by atoms with van der Waals surface area (Å²) in [5.74, 6) is 1.23. The summed E-state index contributed by atoms with van der Waals surface area (Å²) in [6.07, 6.45) is 2.79. The fourth-order valence-electron chi connectivity index (χ4n) is 3.53. The minimum absolute atomic E-state index is 0.00335. The van der Waals surface area contributed by atoms with Crippen molar-refractivity contribution in [2.24, 2.45) is 23.5 Å². The van der Waals surface area contributed by atoms with Gasteiger partial charge in [0.1, 0.15) is 0 Å². The SMILES string of the molecule is C[C@@H]1C[C@H](C)CN(C(=O)CN2CCC(C(N)=O)CC2)C1. The van der Waals surface area contributed by atoms with Crippen LogP contribution in [0, 0.1) is 17.8 Å². The number of rotatable bonds is 3. The second kappa shape index (κ2) is 6.57. The van der Waals surface area contributed by atoms with Crippen LogP contribution >= 0.6 is 0 Å². The van der Waals surface area contributed by atoms with Crippen molar-refractivity contribution in [3.8, 4) is 0 Å². The van der Waals surface area contributed by atoms with E-state index in [2.05, 4.69) is 18.7 Å². The Morgan fingerprint density at radius 2 is 1.65 bits per heavy atom. The first-order valence-electron chi connectivity index (χ1n) is 7.75. The van der Waals surface area contributed by atoms with Crippen molar-refractivity contribution in [1.29, 1.82) is 0 Å². The molecule has 2 atom stereocenters. The molecule has 0 aliphatic carbocycles. The number of hydrogen-bond donors (Lipinski definition) is 1. The van der Waals surface area contributed by atoms with Gasteiger partial charge in [0.15, 0.2) is 0 Å². The first-order valence-corrected chi connectivity index (χ1v) is 7.75. The van der Waals surface area contributed by atoms with Gasteiger partial charge in [0.2, 0.25) is 11.8 Å². The van der Waals surface area contributed by atoms with E-state index in [1.165, 1.54) is 6.42 Å². The Hall–Kier alpha value is -1.10. The Morgan fingerprint density at radius 1 is 1.10 bits per heavy atom. The van der Waals surface area contributed by atoms with Gasteiger partial charge >= 0.3 is 0 Å². The highest BCUT2D eigenvalue weighted by molar-refractivity contribution is 5.79. The number of hydrogen-bond acceptors (Lipinski definition) is 3. The molecule has 0 spiro atoms. The average Bonchev–Trinajstić information content (AvgIpc) is 2.38. The normalized spacial score (nSPS) is 29.4. The largest absolute Gasteiger partial charge is 0.369 e. The highest BCUT2D eigenvalue weighted by Gasteiger charge is 2.28. The Bertz CT molecular complexity index is 354. The molecule has 2 aliphatic rings. The molecule has 0 saturated carbocycles. The van der Waals surface area contributed by atoms with Crippen LogP contribution in [0.5, 0.6) is 0 Å². The molecular formula is C15H27N3O2. The lowest BCUT2D eigenvalue weighted by molar-refractivity contribution is -0.135. The standard InChI is InChI=1S/C15H27N3O2/c1-11-7-12(2)9-18(8-11)14(19)10-17-5-3-13(4-6-17)15(16)20/h11-13H,3-10H2,1-2H3,(H2,16,20)/t11-,12+. The number of likely N-dealkylation sites (tertiary alicyclic amines) is 2. The van der Waals surface area contributed by atoms with Gasteiger partial charge in [0, 0.05) is 19.0 Å². The van der Waals surface area contributed by atoms with Crippen molar-refractivity contribution in [1.82, 2.24) is 9.80 Å². The van der Waals surface area contributed by atoms with Crippen molar-refractivity contribution in [2.45, 2.75) is 33.1 Å². The van der Waals surface area contributed by atoms with Crippen LogP contribution in [0.1, 0.15) is 33.1 Å². The molecular weight excluding hydrogens is 254 g/mol. The van der Waals surface area contributed by atoms with Gasteiger partial charge in [0.25, 0.3) is 0 Å². The topological polar surface area (TPSA) is 66.6 Å². The average molecular weight is 281 g/mol. The van der Waals surface area contributed by atoms with Crippen LogP contribution in [0.25, 0.3) is 0 Å². The summed E-state index contributed by atoms with van der Waals surface area (Å²) in [5.41, 5.74) is 5.33. The molecule has 0 aromatic heterocycles. The first-order chi connectivity index (χ1) is 9.45. The maximum atomic E-state index is 12.4. The van der Waals surface area contributed by atoms with Crippen LogP contribution in [-0.4, -0.2) is 54.3 Å². The summed E-state index contributed by atoms with van der Waals surface area (Å²) in [7, 11) is 0. The minimum Gasteiger partial charge on any atom is -0.369 e. The van der Waals surface area contributed by atoms with Gasteiger partial charge in [-0.05, 0) is 44.2 Å². The lowest BCUT2D eigenvalue weighted by Crippen LogP contribution is -2.48. The molecule has 2 fully saturated rings. The monoisotopic (exact) mass is 281 g/mol. The summed E-state index contributed by atoms with van der Waals surface area (Å²) >= 11 is 0. The van der Waals surface area contributed by atoms with Gasteiger partial charge in [-0.3, -0.25) is 14.5 Å². The lowest BCUT2D eigenvalue weighted by atomic mass is 9.92. The van der Waals surface area contributed by atoms with E-state index in [0.717, 1.165) is 39.0 Å². The summed E-state index contributed by atoms with van der Waals surface area (Å²) in [6, 6.07) is 0. The molecule has 5 nitrogen and oxygen atoms in total. The fraction of sp³-hybridized carbons (Fsp3) is 0.867. The summed E-state index contributed by atoms with van der Waals surface area (Å²) in [6.45, 7) is 8.31. The van der Waals surface area contributed by atoms with Crippen molar-refractivity contribution in [2.75, 3.05) is 32.7 Å². The summed E-state index contributed by atoms with van der Waals surface area (Å²) in [4.78, 5) is 27.7. The molecule has 0 aromatic carbocycles. The Morgan fingerprint density at radius 3 is 2.15 bits per heavy atom. The molecule has 2 saturated heterocycles. The predicted octanol–water partition coefficient (Wildman–Crippen LogP) is 0.688. The van der Waals surface area contributed by atoms with Gasteiger partial charge in [-0.1, -0.05) is 13.8 Å². The van der Waals surface area contributed by atoms with E-state index in [-0.39, 0.29) is 17.7 Å². The number of carbonyl (C=O) groups excluding carboxylic acids is 2. The summed E-state index contributed by atoms with van der Waals surface area (Å²) < 4.78 is 0. The van der Waals surface area contributed by atoms with Gasteiger partial charge < -0.3 is 10.6 Å². The van der Waals surface area contributed by atoms with Crippen LogP contribution in [0.4, 0.5) is 0 Å². The fourth-order valence-corrected chi connectivity index (χ4v) is 3.53. The molecule has 2 rings (SSSR count). The van der Waals surface area contributed by atoms with Crippen molar-refractivity contribution in [3.63, 3.8) is 0 Å². The van der Waals surface area contributed by atoms with Gasteiger partial charge in [0.05, 0.1) is 6.54 Å². The first kappa shape index (κ1) is 15.3. The molecule has 2 amide bonds. The molecule has 0 bridgehead atoms. The number of nitrogens with two attached hydrogens (primary N) is 1. The highest BCUT2D eigenvalue weighted by atomic mass is 16.2. The van der Waals surface area contributed by atoms with Crippen LogP contribution in [0.3, 0.4) is 0 Å². The molecule has 114 valence electrons. The predicted molar refractivity (Wildman–Crippen MR) is 77.9 cm³/mol. The van der Waals surface area contributed by atoms with E-state index in [9.17, 15) is 9.59 Å². The van der Waals surface area contributed by atoms with Crippen molar-refractivity contribution in [3.05, 3.63) is 0 Å². The smallest absolute Gasteiger partial charge is 0.236 e. The lowest BCUT2D eigenvalue weighted by Gasteiger charge is -2.37. The number of amides is 2. The molecule has 5 heteroatoms. The van der Waals surface area contributed by atoms with Crippen LogP contribution in [0.2, 0.25) is 0 Å². The van der Waals surface area contributed by atoms with Crippen LogP contribution in [-0.2, 0) is 9.59 Å². The third-order valence-corrected chi connectivity index (χ3v) is 4.57. The second-order valence-electron chi connectivity index (χ2n) is 6.70. The quantitative estimate of drug-likeness (QED) is 0.827. The van der Waals surface area contributed by atoms with Gasteiger partial charge in [-0.15, -0.1) is 0 Å². The number of carbonyl (C=O) groups is 2. The zero-order valence-electron chi connectivity index (χ0n) is 12.7. The third kappa shape index (κ3) is 3.95. The van der Waals surface area contributed by atoms with Gasteiger partial charge in [-0.2, -0.15) is 0 Å². The van der Waals surface area contributed by atoms with E-state index >= 15 is 0 Å². The Kier molecular flexibility index (Phi) is 5.02. The van der Waals surface area contributed by atoms with E-state index in [1.807, 2.05) is 4.90 Å². The third-order valence-electron chi connectivity index (χ3n) is 4.57. The maximum absolute atomic E-state index is 12.4. The Labute approximate surface area is 121 Å². The molecule has 0 aromatic rings. The Balaban J connectivity index is 1.79. The number of piperidine rings is 2. The molecule has 2 N–H and O–H groups in total. The highest BCUT2D eigenvalue weighted by Crippen LogP contribution is 2.22. The van der Waals surface area contributed by atoms with Crippen LogP contribution < -0.4 is 5.73 Å². The molecule has 2 aliphatic heterocycles. The number of nitrogens with zero attached hydrogens (tertiary/aromatic N) is 2. The maximum Gasteiger partial charge on any atom is 0.236 e. The van der Waals surface area contributed by atoms with Crippen molar-refractivity contribution >= 4 is 11.8 Å². The zero-order chi connectivity index (χ0) is 14.7. The molecule has 2 heterocycles. The molecule has 0 unspecified atom stereocenters. The zero-order valence-corrected chi connectivity index (χ0v) is 12.7. The van der Waals surface area contributed by atoms with E-state index in [0.29, 0.717) is 18.4 Å².